The van der Waals surface area contributed by atoms with Crippen LogP contribution in [0.5, 0.6) is 0 Å². The highest BCUT2D eigenvalue weighted by atomic mass is 16.5. The van der Waals surface area contributed by atoms with E-state index in [1.807, 2.05) is 0 Å². The standard InChI is InChI=1S/C13H23N3O3/c1-10-9-19-7-3-11(10)8-15-13(18)16-5-2-12(17)14-4-6-16/h10-11H,2-9H2,1H3,(H,14,17)(H,15,18). The Morgan fingerprint density at radius 3 is 3.16 bits per heavy atom. The van der Waals surface area contributed by atoms with E-state index in [0.29, 0.717) is 44.4 Å². The van der Waals surface area contributed by atoms with E-state index in [0.717, 1.165) is 19.6 Å². The first-order valence-electron chi connectivity index (χ1n) is 7.04. The van der Waals surface area contributed by atoms with E-state index in [1.54, 1.807) is 4.90 Å². The zero-order valence-electron chi connectivity index (χ0n) is 11.5. The Bertz CT molecular complexity index is 335. The third kappa shape index (κ3) is 4.09. The first-order chi connectivity index (χ1) is 9.16. The summed E-state index contributed by atoms with van der Waals surface area (Å²) < 4.78 is 5.39. The molecule has 0 aliphatic carbocycles. The lowest BCUT2D eigenvalue weighted by Gasteiger charge is -2.30. The Hall–Kier alpha value is -1.30. The Morgan fingerprint density at radius 1 is 1.53 bits per heavy atom. The second kappa shape index (κ2) is 6.75. The molecule has 3 amide bonds. The predicted octanol–water partition coefficient (Wildman–Crippen LogP) is 0.191. The number of carbonyl (C=O) groups excluding carboxylic acids is 2. The molecular formula is C13H23N3O3. The lowest BCUT2D eigenvalue weighted by molar-refractivity contribution is -0.120. The maximum absolute atomic E-state index is 12.1. The van der Waals surface area contributed by atoms with Crippen LogP contribution in [0.4, 0.5) is 4.79 Å². The molecule has 0 spiro atoms. The van der Waals surface area contributed by atoms with E-state index in [2.05, 4.69) is 17.6 Å². The highest BCUT2D eigenvalue weighted by Crippen LogP contribution is 2.20. The Balaban J connectivity index is 1.75. The third-order valence-electron chi connectivity index (χ3n) is 3.93. The van der Waals surface area contributed by atoms with E-state index < -0.39 is 0 Å². The average molecular weight is 269 g/mol. The molecule has 2 saturated heterocycles. The average Bonchev–Trinajstić information content (AvgIpc) is 2.62. The van der Waals surface area contributed by atoms with E-state index >= 15 is 0 Å². The van der Waals surface area contributed by atoms with Crippen molar-refractivity contribution in [1.82, 2.24) is 15.5 Å². The smallest absolute Gasteiger partial charge is 0.317 e. The maximum atomic E-state index is 12.1. The van der Waals surface area contributed by atoms with Crippen LogP contribution < -0.4 is 10.6 Å². The highest BCUT2D eigenvalue weighted by molar-refractivity contribution is 5.79. The number of hydrogen-bond donors (Lipinski definition) is 2. The number of nitrogens with zero attached hydrogens (tertiary/aromatic N) is 1. The second-order valence-electron chi connectivity index (χ2n) is 5.37. The Labute approximate surface area is 113 Å². The fraction of sp³-hybridized carbons (Fsp3) is 0.846. The molecule has 0 radical (unpaired) electrons. The number of urea groups is 1. The van der Waals surface area contributed by atoms with E-state index in [4.69, 9.17) is 4.74 Å². The van der Waals surface area contributed by atoms with Gasteiger partial charge in [0, 0.05) is 45.8 Å². The number of rotatable bonds is 2. The van der Waals surface area contributed by atoms with Gasteiger partial charge >= 0.3 is 6.03 Å². The molecule has 0 aromatic carbocycles. The molecule has 0 aromatic rings. The number of ether oxygens (including phenoxy) is 1. The largest absolute Gasteiger partial charge is 0.381 e. The van der Waals surface area contributed by atoms with Gasteiger partial charge in [-0.2, -0.15) is 0 Å². The van der Waals surface area contributed by atoms with Crippen LogP contribution in [0.1, 0.15) is 19.8 Å². The van der Waals surface area contributed by atoms with E-state index in [1.165, 1.54) is 0 Å². The van der Waals surface area contributed by atoms with Crippen molar-refractivity contribution in [2.24, 2.45) is 11.8 Å². The molecule has 2 atom stereocenters. The van der Waals surface area contributed by atoms with Crippen LogP contribution >= 0.6 is 0 Å². The molecular weight excluding hydrogens is 246 g/mol. The minimum Gasteiger partial charge on any atom is -0.381 e. The molecule has 0 aromatic heterocycles. The molecule has 108 valence electrons. The van der Waals surface area contributed by atoms with Gasteiger partial charge in [0.2, 0.25) is 5.91 Å². The molecule has 2 aliphatic rings. The summed E-state index contributed by atoms with van der Waals surface area (Å²) in [5.41, 5.74) is 0. The van der Waals surface area contributed by atoms with Crippen LogP contribution in [0, 0.1) is 11.8 Å². The second-order valence-corrected chi connectivity index (χ2v) is 5.37. The van der Waals surface area contributed by atoms with Gasteiger partial charge in [0.25, 0.3) is 0 Å². The zero-order chi connectivity index (χ0) is 13.7. The van der Waals surface area contributed by atoms with Gasteiger partial charge in [-0.25, -0.2) is 4.79 Å². The monoisotopic (exact) mass is 269 g/mol. The van der Waals surface area contributed by atoms with Crippen molar-refractivity contribution in [2.45, 2.75) is 19.8 Å². The molecule has 2 aliphatic heterocycles. The minimum atomic E-state index is -0.0600. The lowest BCUT2D eigenvalue weighted by Crippen LogP contribution is -2.45. The molecule has 2 rings (SSSR count). The van der Waals surface area contributed by atoms with Gasteiger partial charge in [-0.15, -0.1) is 0 Å². The first kappa shape index (κ1) is 14.1. The summed E-state index contributed by atoms with van der Waals surface area (Å²) in [5, 5.41) is 5.75. The van der Waals surface area contributed by atoms with Gasteiger partial charge in [0.15, 0.2) is 0 Å². The van der Waals surface area contributed by atoms with Crippen molar-refractivity contribution in [3.05, 3.63) is 0 Å². The van der Waals surface area contributed by atoms with Crippen LogP contribution in [0.25, 0.3) is 0 Å². The SMILES string of the molecule is CC1COCCC1CNC(=O)N1CCNC(=O)CC1. The fourth-order valence-electron chi connectivity index (χ4n) is 2.53. The van der Waals surface area contributed by atoms with Gasteiger partial charge in [-0.05, 0) is 18.3 Å². The van der Waals surface area contributed by atoms with Crippen LogP contribution in [0.2, 0.25) is 0 Å². The summed E-state index contributed by atoms with van der Waals surface area (Å²) in [7, 11) is 0. The van der Waals surface area contributed by atoms with Gasteiger partial charge < -0.3 is 20.3 Å². The number of carbonyl (C=O) groups is 2. The number of hydrogen-bond acceptors (Lipinski definition) is 3. The molecule has 2 fully saturated rings. The molecule has 0 bridgehead atoms. The fourth-order valence-corrected chi connectivity index (χ4v) is 2.53. The van der Waals surface area contributed by atoms with Gasteiger partial charge in [0.05, 0.1) is 0 Å². The molecule has 2 unspecified atom stereocenters. The minimum absolute atomic E-state index is 0.0216. The summed E-state index contributed by atoms with van der Waals surface area (Å²) >= 11 is 0. The summed E-state index contributed by atoms with van der Waals surface area (Å²) in [6.07, 6.45) is 1.39. The molecule has 6 nitrogen and oxygen atoms in total. The number of amides is 3. The number of nitrogens with one attached hydrogen (secondary N) is 2. The van der Waals surface area contributed by atoms with Crippen molar-refractivity contribution >= 4 is 11.9 Å². The van der Waals surface area contributed by atoms with E-state index in [-0.39, 0.29) is 11.9 Å². The van der Waals surface area contributed by atoms with Crippen LogP contribution in [0.15, 0.2) is 0 Å². The van der Waals surface area contributed by atoms with Gasteiger partial charge in [-0.3, -0.25) is 4.79 Å². The third-order valence-corrected chi connectivity index (χ3v) is 3.93. The van der Waals surface area contributed by atoms with Crippen molar-refractivity contribution in [2.75, 3.05) is 39.4 Å². The quantitative estimate of drug-likeness (QED) is 0.752. The van der Waals surface area contributed by atoms with Gasteiger partial charge in [-0.1, -0.05) is 6.92 Å². The Kier molecular flexibility index (Phi) is 5.01. The highest BCUT2D eigenvalue weighted by Gasteiger charge is 2.24. The van der Waals surface area contributed by atoms with Crippen LogP contribution in [-0.4, -0.2) is 56.2 Å². The summed E-state index contributed by atoms with van der Waals surface area (Å²) in [6.45, 7) is 6.04. The van der Waals surface area contributed by atoms with Crippen LogP contribution in [-0.2, 0) is 9.53 Å². The van der Waals surface area contributed by atoms with Gasteiger partial charge in [0.1, 0.15) is 0 Å². The zero-order valence-corrected chi connectivity index (χ0v) is 11.5. The van der Waals surface area contributed by atoms with Crippen molar-refractivity contribution in [1.29, 1.82) is 0 Å². The Morgan fingerprint density at radius 2 is 2.37 bits per heavy atom. The van der Waals surface area contributed by atoms with Crippen LogP contribution in [0.3, 0.4) is 0 Å². The molecule has 19 heavy (non-hydrogen) atoms. The maximum Gasteiger partial charge on any atom is 0.317 e. The normalized spacial score (nSPS) is 28.5. The summed E-state index contributed by atoms with van der Waals surface area (Å²) in [6, 6.07) is -0.0600. The van der Waals surface area contributed by atoms with Crippen molar-refractivity contribution in [3.8, 4) is 0 Å². The van der Waals surface area contributed by atoms with E-state index in [9.17, 15) is 9.59 Å². The van der Waals surface area contributed by atoms with Crippen molar-refractivity contribution in [3.63, 3.8) is 0 Å². The van der Waals surface area contributed by atoms with Crippen molar-refractivity contribution < 1.29 is 14.3 Å². The predicted molar refractivity (Wildman–Crippen MR) is 70.7 cm³/mol. The molecule has 2 heterocycles. The topological polar surface area (TPSA) is 70.7 Å². The molecule has 2 N–H and O–H groups in total. The summed E-state index contributed by atoms with van der Waals surface area (Å²) in [5.74, 6) is 0.999. The summed E-state index contributed by atoms with van der Waals surface area (Å²) in [4.78, 5) is 25.0. The lowest BCUT2D eigenvalue weighted by atomic mass is 9.90. The molecule has 0 saturated carbocycles. The molecule has 6 heteroatoms. The first-order valence-corrected chi connectivity index (χ1v) is 7.04.